The van der Waals surface area contributed by atoms with Gasteiger partial charge in [0.15, 0.2) is 0 Å². The summed E-state index contributed by atoms with van der Waals surface area (Å²) in [6.45, 7) is 10.3. The minimum absolute atomic E-state index is 0. The first-order chi connectivity index (χ1) is 7.93. The Hall–Kier alpha value is 1.58. The van der Waals surface area contributed by atoms with Crippen LogP contribution in [0.1, 0.15) is 27.7 Å². The van der Waals surface area contributed by atoms with E-state index in [-0.39, 0.29) is 138 Å². The Balaban J connectivity index is -0.0000000110. The fraction of sp³-hybridized carbons (Fsp3) is 0.400. The number of carboxylic acids is 4. The van der Waals surface area contributed by atoms with Crippen LogP contribution in [0.15, 0.2) is 13.2 Å². The molecule has 132 valence electrons. The summed E-state index contributed by atoms with van der Waals surface area (Å²) in [6, 6.07) is 0. The van der Waals surface area contributed by atoms with E-state index in [2.05, 4.69) is 13.2 Å². The first-order valence-electron chi connectivity index (χ1n) is 4.21. The molecule has 0 aliphatic carbocycles. The summed E-state index contributed by atoms with van der Waals surface area (Å²) in [7, 11) is 0. The third-order valence-electron chi connectivity index (χ3n) is 0. The summed E-state index contributed by atoms with van der Waals surface area (Å²) < 4.78 is 0. The normalized spacial score (nSPS) is 4.52. The van der Waals surface area contributed by atoms with Crippen molar-refractivity contribution in [3.8, 4) is 0 Å². The Kier molecular flexibility index (Phi) is 182. The molecule has 10 nitrogen and oxygen atoms in total. The number of carboxylic acid groups (broad SMARTS) is 4. The smallest absolute Gasteiger partial charge is 0.316 e. The summed E-state index contributed by atoms with van der Waals surface area (Å²) in [5, 5.41) is 29.7. The number of rotatable bonds is 0. The quantitative estimate of drug-likeness (QED) is 0.218. The van der Waals surface area contributed by atoms with Crippen LogP contribution in [0.5, 0.6) is 0 Å². The summed E-state index contributed by atoms with van der Waals surface area (Å²) in [4.78, 5) is 36.0. The number of carbonyl (C=O) groups is 4. The molecule has 0 saturated carbocycles. The molecule has 13 heteroatoms. The third-order valence-corrected chi connectivity index (χ3v) is 0. The van der Waals surface area contributed by atoms with E-state index in [1.807, 2.05) is 0 Å². The van der Waals surface area contributed by atoms with Gasteiger partial charge in [-0.3, -0.25) is 19.2 Å². The van der Waals surface area contributed by atoms with Crippen LogP contribution in [-0.2, 0) is 19.2 Å². The summed E-state index contributed by atoms with van der Waals surface area (Å²) >= 11 is 0. The van der Waals surface area contributed by atoms with E-state index in [9.17, 15) is 0 Å². The van der Waals surface area contributed by atoms with E-state index < -0.39 is 23.9 Å². The van der Waals surface area contributed by atoms with Crippen LogP contribution in [0.4, 0.5) is 0 Å². The Morgan fingerprint density at radius 1 is 0.565 bits per heavy atom. The maximum atomic E-state index is 9.00. The molecule has 0 rings (SSSR count). The third kappa shape index (κ3) is 4400. The second-order valence-corrected chi connectivity index (χ2v) is 2.08. The molecule has 0 spiro atoms. The first-order valence-corrected chi connectivity index (χ1v) is 4.21. The monoisotopic (exact) mass is 408 g/mol. The zero-order valence-corrected chi connectivity index (χ0v) is 12.3. The van der Waals surface area contributed by atoms with Gasteiger partial charge in [0.25, 0.3) is 23.9 Å². The Morgan fingerprint density at radius 2 is 0.565 bits per heavy atom. The van der Waals surface area contributed by atoms with Crippen LogP contribution in [-0.4, -0.2) is 170 Å². The van der Waals surface area contributed by atoms with Crippen molar-refractivity contribution in [2.24, 2.45) is 0 Å². The van der Waals surface area contributed by atoms with Crippen molar-refractivity contribution in [1.82, 2.24) is 12.3 Å². The van der Waals surface area contributed by atoms with Gasteiger partial charge in [0.05, 0.1) is 0 Å². The maximum absolute atomic E-state index is 9.00. The van der Waals surface area contributed by atoms with Crippen molar-refractivity contribution in [3.63, 3.8) is 0 Å². The predicted octanol–water partition coefficient (Wildman–Crippen LogP) is -0.723. The number of hydrogen-bond donors (Lipinski definition) is 6. The minimum Gasteiger partial charge on any atom is 0.316 e. The molecule has 0 aromatic carbocycles. The second-order valence-electron chi connectivity index (χ2n) is 2.08. The molecule has 0 heterocycles. The van der Waals surface area contributed by atoms with Crippen molar-refractivity contribution >= 4 is 150 Å². The minimum atomic E-state index is -0.833. The number of hydrogen-bond acceptors (Lipinski definition) is 6. The molecule has 23 heavy (non-hydrogen) atoms. The average Bonchev–Trinajstić information content (AvgIpc) is 2.01. The molecule has 0 unspecified atom stereocenters. The SMILES string of the molecule is C=C.CC(=O)O.CC(=O)O.CC(=O)O.CC(=O)O.N.N.[KH].[KH].[MgH2]. The zero-order chi connectivity index (χ0) is 16.3. The van der Waals surface area contributed by atoms with E-state index in [1.54, 1.807) is 0 Å². The molecule has 0 saturated heterocycles. The van der Waals surface area contributed by atoms with Crippen LogP contribution in [0.2, 0.25) is 0 Å². The van der Waals surface area contributed by atoms with E-state index in [1.165, 1.54) is 0 Å². The molecule has 0 fully saturated rings. The molecule has 0 amide bonds. The van der Waals surface area contributed by atoms with Gasteiger partial charge in [0.2, 0.25) is 0 Å². The molecule has 0 aromatic heterocycles. The van der Waals surface area contributed by atoms with Gasteiger partial charge in [-0.1, -0.05) is 0 Å². The van der Waals surface area contributed by atoms with Crippen LogP contribution in [0.25, 0.3) is 0 Å². The van der Waals surface area contributed by atoms with Crippen molar-refractivity contribution in [2.45, 2.75) is 27.7 Å². The molecular weight excluding hydrogens is 379 g/mol. The van der Waals surface area contributed by atoms with Crippen LogP contribution in [0, 0.1) is 0 Å². The van der Waals surface area contributed by atoms with Gasteiger partial charge >= 0.3 is 126 Å². The van der Waals surface area contributed by atoms with Gasteiger partial charge < -0.3 is 32.7 Å². The molecule has 0 aliphatic heterocycles. The Bertz CT molecular complexity index is 195. The molecular formula is C10H30K2MgN2O8. The predicted molar refractivity (Wildman–Crippen MR) is 97.4 cm³/mol. The van der Waals surface area contributed by atoms with Crippen LogP contribution in [0.3, 0.4) is 0 Å². The van der Waals surface area contributed by atoms with Gasteiger partial charge in [-0.15, -0.1) is 13.2 Å². The van der Waals surface area contributed by atoms with Gasteiger partial charge in [-0.2, -0.15) is 0 Å². The molecule has 0 radical (unpaired) electrons. The Labute approximate surface area is 238 Å². The zero-order valence-electron chi connectivity index (χ0n) is 12.3. The van der Waals surface area contributed by atoms with E-state index in [0.29, 0.717) is 0 Å². The van der Waals surface area contributed by atoms with E-state index in [4.69, 9.17) is 39.6 Å². The standard InChI is InChI=1S/4C2H4O2.C2H4.2K.Mg.2H3N.4H/c4*1-2(3)4;1-2;;;;;;;;;/h4*1H3,(H,3,4);1-2H2;;;;2*1H3;;;;. The van der Waals surface area contributed by atoms with E-state index in [0.717, 1.165) is 27.7 Å². The largest absolute Gasteiger partial charge is 0.316 e. The summed E-state index contributed by atoms with van der Waals surface area (Å²) in [5.74, 6) is -3.33. The fourth-order valence-electron chi connectivity index (χ4n) is 0. The van der Waals surface area contributed by atoms with Crippen molar-refractivity contribution < 1.29 is 39.6 Å². The second kappa shape index (κ2) is 65.2. The van der Waals surface area contributed by atoms with Crippen molar-refractivity contribution in [3.05, 3.63) is 13.2 Å². The maximum Gasteiger partial charge on any atom is 0.316 e. The van der Waals surface area contributed by atoms with Gasteiger partial charge in [-0.05, 0) is 0 Å². The summed E-state index contributed by atoms with van der Waals surface area (Å²) in [5.41, 5.74) is 0. The van der Waals surface area contributed by atoms with Gasteiger partial charge in [-0.25, -0.2) is 0 Å². The van der Waals surface area contributed by atoms with Crippen molar-refractivity contribution in [2.75, 3.05) is 0 Å². The summed E-state index contributed by atoms with van der Waals surface area (Å²) in [6.07, 6.45) is 0. The van der Waals surface area contributed by atoms with Gasteiger partial charge in [0.1, 0.15) is 0 Å². The molecule has 0 atom stereocenters. The van der Waals surface area contributed by atoms with Crippen molar-refractivity contribution in [1.29, 1.82) is 0 Å². The topological polar surface area (TPSA) is 219 Å². The van der Waals surface area contributed by atoms with Crippen LogP contribution >= 0.6 is 0 Å². The molecule has 0 bridgehead atoms. The number of aliphatic carboxylic acids is 4. The average molecular weight is 409 g/mol. The molecule has 0 aliphatic rings. The first kappa shape index (κ1) is 64.3. The van der Waals surface area contributed by atoms with E-state index >= 15 is 0 Å². The van der Waals surface area contributed by atoms with Gasteiger partial charge in [0, 0.05) is 27.7 Å². The molecule has 10 N–H and O–H groups in total. The fourth-order valence-corrected chi connectivity index (χ4v) is 0. The Morgan fingerprint density at radius 3 is 0.565 bits per heavy atom. The van der Waals surface area contributed by atoms with Crippen LogP contribution < -0.4 is 12.3 Å². The molecule has 0 aromatic rings.